The molecule has 0 aliphatic heterocycles. The maximum absolute atomic E-state index is 11.8. The summed E-state index contributed by atoms with van der Waals surface area (Å²) in [6.07, 6.45) is 2.99. The van der Waals surface area contributed by atoms with E-state index < -0.39 is 0 Å². The Kier molecular flexibility index (Phi) is 4.38. The zero-order valence-corrected chi connectivity index (χ0v) is 12.7. The number of hydrogen-bond donors (Lipinski definition) is 1. The minimum absolute atomic E-state index is 0.0464. The Bertz CT molecular complexity index is 579. The van der Waals surface area contributed by atoms with Gasteiger partial charge in [0, 0.05) is 28.4 Å². The van der Waals surface area contributed by atoms with Crippen LogP contribution in [-0.2, 0) is 4.79 Å². The van der Waals surface area contributed by atoms with Crippen molar-refractivity contribution in [2.24, 2.45) is 0 Å². The molecule has 1 aliphatic rings. The Morgan fingerprint density at radius 2 is 2.15 bits per heavy atom. The summed E-state index contributed by atoms with van der Waals surface area (Å²) in [5.74, 6) is 1.48. The first-order valence-electron chi connectivity index (χ1n) is 6.74. The lowest BCUT2D eigenvalue weighted by atomic mass is 10.3. The fraction of sp³-hybridized carbons (Fsp3) is 0.333. The zero-order chi connectivity index (χ0) is 13.8. The number of aromatic nitrogens is 1. The second kappa shape index (κ2) is 6.41. The molecule has 5 heteroatoms. The van der Waals surface area contributed by atoms with Crippen molar-refractivity contribution in [3.8, 4) is 0 Å². The summed E-state index contributed by atoms with van der Waals surface area (Å²) in [5.41, 5.74) is 1.14. The Balaban J connectivity index is 1.42. The molecule has 3 rings (SSSR count). The van der Waals surface area contributed by atoms with Crippen LogP contribution in [0.15, 0.2) is 40.6 Å². The van der Waals surface area contributed by atoms with Crippen molar-refractivity contribution in [3.05, 3.63) is 41.4 Å². The van der Waals surface area contributed by atoms with E-state index in [1.54, 1.807) is 11.8 Å². The molecule has 1 fully saturated rings. The van der Waals surface area contributed by atoms with Gasteiger partial charge < -0.3 is 5.32 Å². The normalized spacial score (nSPS) is 14.2. The molecule has 1 saturated carbocycles. The van der Waals surface area contributed by atoms with Crippen LogP contribution in [0.3, 0.4) is 0 Å². The number of thioether (sulfide) groups is 1. The van der Waals surface area contributed by atoms with Gasteiger partial charge in [-0.1, -0.05) is 18.2 Å². The van der Waals surface area contributed by atoms with Gasteiger partial charge in [-0.25, -0.2) is 4.98 Å². The molecule has 3 nitrogen and oxygen atoms in total. The van der Waals surface area contributed by atoms with Gasteiger partial charge in [0.2, 0.25) is 5.91 Å². The van der Waals surface area contributed by atoms with E-state index in [0.29, 0.717) is 12.3 Å². The van der Waals surface area contributed by atoms with Gasteiger partial charge in [-0.05, 0) is 25.0 Å². The van der Waals surface area contributed by atoms with E-state index in [-0.39, 0.29) is 5.91 Å². The molecule has 1 aromatic heterocycles. The summed E-state index contributed by atoms with van der Waals surface area (Å²) in [6, 6.07) is 10.1. The van der Waals surface area contributed by atoms with E-state index in [1.807, 2.05) is 18.2 Å². The highest BCUT2D eigenvalue weighted by atomic mass is 32.2. The van der Waals surface area contributed by atoms with E-state index in [2.05, 4.69) is 27.8 Å². The number of nitrogens with one attached hydrogen (secondary N) is 1. The SMILES string of the molecule is O=C(CCSc1ccccc1)Nc1nc(C2CC2)cs1. The summed E-state index contributed by atoms with van der Waals surface area (Å²) in [6.45, 7) is 0. The number of thiazole rings is 1. The van der Waals surface area contributed by atoms with Gasteiger partial charge in [0.1, 0.15) is 0 Å². The van der Waals surface area contributed by atoms with E-state index in [9.17, 15) is 4.79 Å². The standard InChI is InChI=1S/C15H16N2OS2/c18-14(8-9-19-12-4-2-1-3-5-12)17-15-16-13(10-20-15)11-6-7-11/h1-5,10-11H,6-9H2,(H,16,17,18). The predicted molar refractivity (Wildman–Crippen MR) is 84.5 cm³/mol. The largest absolute Gasteiger partial charge is 0.302 e. The van der Waals surface area contributed by atoms with Crippen LogP contribution in [-0.4, -0.2) is 16.6 Å². The molecule has 1 N–H and O–H groups in total. The highest BCUT2D eigenvalue weighted by Gasteiger charge is 2.26. The fourth-order valence-electron chi connectivity index (χ4n) is 1.87. The summed E-state index contributed by atoms with van der Waals surface area (Å²) >= 11 is 3.23. The minimum Gasteiger partial charge on any atom is -0.302 e. The molecule has 0 unspecified atom stereocenters. The van der Waals surface area contributed by atoms with Gasteiger partial charge in [0.25, 0.3) is 0 Å². The number of nitrogens with zero attached hydrogens (tertiary/aromatic N) is 1. The van der Waals surface area contributed by atoms with Crippen molar-refractivity contribution < 1.29 is 4.79 Å². The molecule has 0 spiro atoms. The first-order chi connectivity index (χ1) is 9.81. The van der Waals surface area contributed by atoms with Crippen molar-refractivity contribution in [3.63, 3.8) is 0 Å². The highest BCUT2D eigenvalue weighted by molar-refractivity contribution is 7.99. The van der Waals surface area contributed by atoms with E-state index in [0.717, 1.165) is 16.6 Å². The van der Waals surface area contributed by atoms with Crippen molar-refractivity contribution in [1.29, 1.82) is 0 Å². The molecule has 0 saturated heterocycles. The number of amides is 1. The molecule has 1 aliphatic carbocycles. The summed E-state index contributed by atoms with van der Waals surface area (Å²) in [5, 5.41) is 5.69. The molecule has 0 bridgehead atoms. The van der Waals surface area contributed by atoms with Gasteiger partial charge in [-0.3, -0.25) is 4.79 Å². The topological polar surface area (TPSA) is 42.0 Å². The maximum Gasteiger partial charge on any atom is 0.226 e. The van der Waals surface area contributed by atoms with Gasteiger partial charge in [-0.2, -0.15) is 0 Å². The first kappa shape index (κ1) is 13.6. The second-order valence-corrected chi connectivity index (χ2v) is 6.84. The molecule has 1 heterocycles. The Morgan fingerprint density at radius 1 is 1.35 bits per heavy atom. The summed E-state index contributed by atoms with van der Waals surface area (Å²) in [4.78, 5) is 17.5. The molecule has 2 aromatic rings. The second-order valence-electron chi connectivity index (χ2n) is 4.81. The lowest BCUT2D eigenvalue weighted by Gasteiger charge is -2.02. The smallest absolute Gasteiger partial charge is 0.226 e. The molecule has 0 radical (unpaired) electrons. The van der Waals surface area contributed by atoms with Crippen LogP contribution in [0.2, 0.25) is 0 Å². The van der Waals surface area contributed by atoms with Crippen molar-refractivity contribution in [1.82, 2.24) is 4.98 Å². The van der Waals surface area contributed by atoms with Crippen LogP contribution in [0.1, 0.15) is 30.9 Å². The summed E-state index contributed by atoms with van der Waals surface area (Å²) < 4.78 is 0. The van der Waals surface area contributed by atoms with Crippen LogP contribution in [0.5, 0.6) is 0 Å². The Labute approximate surface area is 126 Å². The van der Waals surface area contributed by atoms with Gasteiger partial charge in [0.15, 0.2) is 5.13 Å². The first-order valence-corrected chi connectivity index (χ1v) is 8.61. The lowest BCUT2D eigenvalue weighted by Crippen LogP contribution is -2.12. The Morgan fingerprint density at radius 3 is 2.90 bits per heavy atom. The van der Waals surface area contributed by atoms with E-state index >= 15 is 0 Å². The molecule has 0 atom stereocenters. The Hall–Kier alpha value is -1.33. The van der Waals surface area contributed by atoms with Gasteiger partial charge >= 0.3 is 0 Å². The molecule has 104 valence electrons. The van der Waals surface area contributed by atoms with Crippen LogP contribution in [0.25, 0.3) is 0 Å². The number of carbonyl (C=O) groups excluding carboxylic acids is 1. The average Bonchev–Trinajstić information content (AvgIpc) is 3.21. The molecule has 20 heavy (non-hydrogen) atoms. The number of hydrogen-bond acceptors (Lipinski definition) is 4. The van der Waals surface area contributed by atoms with Gasteiger partial charge in [0.05, 0.1) is 5.69 Å². The number of carbonyl (C=O) groups is 1. The third-order valence-corrected chi connectivity index (χ3v) is 4.89. The van der Waals surface area contributed by atoms with Crippen LogP contribution in [0, 0.1) is 0 Å². The van der Waals surface area contributed by atoms with E-state index in [4.69, 9.17) is 0 Å². The monoisotopic (exact) mass is 304 g/mol. The van der Waals surface area contributed by atoms with Crippen molar-refractivity contribution in [2.75, 3.05) is 11.1 Å². The van der Waals surface area contributed by atoms with E-state index in [1.165, 1.54) is 29.1 Å². The minimum atomic E-state index is 0.0464. The quantitative estimate of drug-likeness (QED) is 0.815. The number of benzene rings is 1. The van der Waals surface area contributed by atoms with Crippen LogP contribution in [0.4, 0.5) is 5.13 Å². The van der Waals surface area contributed by atoms with Crippen molar-refractivity contribution in [2.45, 2.75) is 30.1 Å². The molecular weight excluding hydrogens is 288 g/mol. The van der Waals surface area contributed by atoms with Crippen molar-refractivity contribution >= 4 is 34.1 Å². The average molecular weight is 304 g/mol. The maximum atomic E-state index is 11.8. The number of anilines is 1. The molecule has 1 amide bonds. The predicted octanol–water partition coefficient (Wildman–Crippen LogP) is 4.14. The zero-order valence-electron chi connectivity index (χ0n) is 11.0. The highest BCUT2D eigenvalue weighted by Crippen LogP contribution is 2.40. The van der Waals surface area contributed by atoms with Gasteiger partial charge in [-0.15, -0.1) is 23.1 Å². The lowest BCUT2D eigenvalue weighted by molar-refractivity contribution is -0.115. The van der Waals surface area contributed by atoms with Crippen LogP contribution >= 0.6 is 23.1 Å². The van der Waals surface area contributed by atoms with Crippen LogP contribution < -0.4 is 5.32 Å². The number of rotatable bonds is 6. The third kappa shape index (κ3) is 3.84. The fourth-order valence-corrected chi connectivity index (χ4v) is 3.55. The summed E-state index contributed by atoms with van der Waals surface area (Å²) in [7, 11) is 0. The third-order valence-electron chi connectivity index (χ3n) is 3.10. The molecular formula is C15H16N2OS2. The molecule has 1 aromatic carbocycles.